The quantitative estimate of drug-likeness (QED) is 0.725. The fraction of sp³-hybridized carbons (Fsp3) is 0.0556. The molecule has 3 rings (SSSR count). The molecule has 7 heteroatoms. The molecule has 0 aliphatic rings. The summed E-state index contributed by atoms with van der Waals surface area (Å²) in [5.41, 5.74) is 0.566. The molecular formula is C18H14F2N4O. The van der Waals surface area contributed by atoms with E-state index in [2.05, 4.69) is 15.4 Å². The molecule has 25 heavy (non-hydrogen) atoms. The Morgan fingerprint density at radius 1 is 1.12 bits per heavy atom. The highest BCUT2D eigenvalue weighted by atomic mass is 19.1. The summed E-state index contributed by atoms with van der Waals surface area (Å²) in [7, 11) is 0. The predicted molar refractivity (Wildman–Crippen MR) is 89.6 cm³/mol. The van der Waals surface area contributed by atoms with E-state index in [9.17, 15) is 13.6 Å². The molecule has 0 saturated heterocycles. The van der Waals surface area contributed by atoms with E-state index in [1.807, 2.05) is 18.2 Å². The van der Waals surface area contributed by atoms with Crippen molar-refractivity contribution in [3.8, 4) is 0 Å². The van der Waals surface area contributed by atoms with Crippen LogP contribution in [0.15, 0.2) is 60.9 Å². The lowest BCUT2D eigenvalue weighted by atomic mass is 10.2. The van der Waals surface area contributed by atoms with Crippen molar-refractivity contribution in [1.29, 1.82) is 0 Å². The molecule has 0 atom stereocenters. The lowest BCUT2D eigenvalue weighted by Crippen LogP contribution is -2.09. The maximum atomic E-state index is 13.5. The SMILES string of the molecule is O=C(C=Cc1c(F)cccc1F)Nc1ccn(Cc2ccccn2)n1. The Morgan fingerprint density at radius 2 is 1.92 bits per heavy atom. The van der Waals surface area contributed by atoms with Gasteiger partial charge in [-0.1, -0.05) is 12.1 Å². The van der Waals surface area contributed by atoms with Crippen molar-refractivity contribution in [2.24, 2.45) is 0 Å². The number of hydrogen-bond acceptors (Lipinski definition) is 3. The molecule has 2 aromatic heterocycles. The molecule has 0 saturated carbocycles. The second kappa shape index (κ2) is 7.48. The smallest absolute Gasteiger partial charge is 0.249 e. The normalized spacial score (nSPS) is 11.0. The summed E-state index contributed by atoms with van der Waals surface area (Å²) < 4.78 is 28.6. The third-order valence-electron chi connectivity index (χ3n) is 3.34. The first-order chi connectivity index (χ1) is 12.1. The van der Waals surface area contributed by atoms with Crippen molar-refractivity contribution < 1.29 is 13.6 Å². The van der Waals surface area contributed by atoms with Gasteiger partial charge in [0.15, 0.2) is 5.82 Å². The van der Waals surface area contributed by atoms with Crippen LogP contribution in [0.2, 0.25) is 0 Å². The molecule has 126 valence electrons. The summed E-state index contributed by atoms with van der Waals surface area (Å²) in [6, 6.07) is 10.7. The third-order valence-corrected chi connectivity index (χ3v) is 3.34. The molecule has 0 aliphatic heterocycles. The number of aromatic nitrogens is 3. The van der Waals surface area contributed by atoms with Crippen LogP contribution in [0.4, 0.5) is 14.6 Å². The van der Waals surface area contributed by atoms with Gasteiger partial charge in [0, 0.05) is 30.1 Å². The molecule has 0 spiro atoms. The highest BCUT2D eigenvalue weighted by Crippen LogP contribution is 2.14. The Hall–Kier alpha value is -3.35. The van der Waals surface area contributed by atoms with Gasteiger partial charge in [-0.05, 0) is 30.3 Å². The number of nitrogens with zero attached hydrogens (tertiary/aromatic N) is 3. The molecule has 3 aromatic rings. The topological polar surface area (TPSA) is 59.8 Å². The maximum absolute atomic E-state index is 13.5. The molecule has 0 fully saturated rings. The summed E-state index contributed by atoms with van der Waals surface area (Å²) >= 11 is 0. The van der Waals surface area contributed by atoms with Gasteiger partial charge in [0.2, 0.25) is 5.91 Å². The van der Waals surface area contributed by atoms with Gasteiger partial charge in [-0.3, -0.25) is 14.5 Å². The Morgan fingerprint density at radius 3 is 2.64 bits per heavy atom. The van der Waals surface area contributed by atoms with Crippen molar-refractivity contribution in [3.63, 3.8) is 0 Å². The Kier molecular flexibility index (Phi) is 4.94. The first kappa shape index (κ1) is 16.5. The van der Waals surface area contributed by atoms with Gasteiger partial charge in [0.1, 0.15) is 11.6 Å². The largest absolute Gasteiger partial charge is 0.306 e. The predicted octanol–water partition coefficient (Wildman–Crippen LogP) is 3.26. The van der Waals surface area contributed by atoms with E-state index in [0.29, 0.717) is 12.4 Å². The second-order valence-electron chi connectivity index (χ2n) is 5.18. The van der Waals surface area contributed by atoms with E-state index >= 15 is 0 Å². The van der Waals surface area contributed by atoms with Crippen LogP contribution in [0.1, 0.15) is 11.3 Å². The van der Waals surface area contributed by atoms with Crippen LogP contribution in [-0.4, -0.2) is 20.7 Å². The number of anilines is 1. The molecule has 1 N–H and O–H groups in total. The molecular weight excluding hydrogens is 326 g/mol. The maximum Gasteiger partial charge on any atom is 0.249 e. The first-order valence-corrected chi connectivity index (χ1v) is 7.48. The monoisotopic (exact) mass is 340 g/mol. The summed E-state index contributed by atoms with van der Waals surface area (Å²) in [4.78, 5) is 16.1. The lowest BCUT2D eigenvalue weighted by molar-refractivity contribution is -0.111. The van der Waals surface area contributed by atoms with Crippen molar-refractivity contribution >= 4 is 17.8 Å². The summed E-state index contributed by atoms with van der Waals surface area (Å²) in [6.45, 7) is 0.465. The number of pyridine rings is 1. The minimum atomic E-state index is -0.733. The number of nitrogens with one attached hydrogen (secondary N) is 1. The van der Waals surface area contributed by atoms with E-state index in [-0.39, 0.29) is 5.56 Å². The molecule has 0 aliphatic carbocycles. The lowest BCUT2D eigenvalue weighted by Gasteiger charge is -2.01. The summed E-state index contributed by atoms with van der Waals surface area (Å²) in [6.07, 6.45) is 5.53. The number of carbonyl (C=O) groups is 1. The highest BCUT2D eigenvalue weighted by molar-refractivity contribution is 6.01. The number of carbonyl (C=O) groups excluding carboxylic acids is 1. The number of benzene rings is 1. The third kappa shape index (κ3) is 4.35. The van der Waals surface area contributed by atoms with Crippen LogP contribution in [0.5, 0.6) is 0 Å². The van der Waals surface area contributed by atoms with Crippen LogP contribution in [0.3, 0.4) is 0 Å². The van der Waals surface area contributed by atoms with Crippen molar-refractivity contribution in [3.05, 3.63) is 83.8 Å². The van der Waals surface area contributed by atoms with Crippen molar-refractivity contribution in [1.82, 2.24) is 14.8 Å². The minimum absolute atomic E-state index is 0.265. The van der Waals surface area contributed by atoms with Gasteiger partial charge in [0.05, 0.1) is 12.2 Å². The van der Waals surface area contributed by atoms with Crippen LogP contribution in [-0.2, 0) is 11.3 Å². The fourth-order valence-electron chi connectivity index (χ4n) is 2.17. The van der Waals surface area contributed by atoms with Crippen LogP contribution >= 0.6 is 0 Å². The van der Waals surface area contributed by atoms with E-state index < -0.39 is 17.5 Å². The van der Waals surface area contributed by atoms with Gasteiger partial charge < -0.3 is 5.32 Å². The van der Waals surface area contributed by atoms with E-state index in [1.54, 1.807) is 23.1 Å². The van der Waals surface area contributed by atoms with Gasteiger partial charge in [0.25, 0.3) is 0 Å². The Balaban J connectivity index is 1.63. The van der Waals surface area contributed by atoms with Crippen LogP contribution in [0.25, 0.3) is 6.08 Å². The first-order valence-electron chi connectivity index (χ1n) is 7.48. The number of amides is 1. The average molecular weight is 340 g/mol. The van der Waals surface area contributed by atoms with E-state index in [0.717, 1.165) is 30.0 Å². The van der Waals surface area contributed by atoms with Gasteiger partial charge >= 0.3 is 0 Å². The van der Waals surface area contributed by atoms with Crippen LogP contribution in [0, 0.1) is 11.6 Å². The van der Waals surface area contributed by atoms with E-state index in [4.69, 9.17) is 0 Å². The second-order valence-corrected chi connectivity index (χ2v) is 5.18. The highest BCUT2D eigenvalue weighted by Gasteiger charge is 2.07. The number of rotatable bonds is 5. The Bertz CT molecular complexity index is 886. The standard InChI is InChI=1S/C18H14F2N4O/c19-15-5-3-6-16(20)14(15)7-8-18(25)22-17-9-11-24(23-17)12-13-4-1-2-10-21-13/h1-11H,12H2,(H,22,23,25). The number of halogens is 2. The zero-order chi connectivity index (χ0) is 17.6. The molecule has 5 nitrogen and oxygen atoms in total. The molecule has 0 bridgehead atoms. The fourth-order valence-corrected chi connectivity index (χ4v) is 2.17. The number of hydrogen-bond donors (Lipinski definition) is 1. The van der Waals surface area contributed by atoms with Crippen molar-refractivity contribution in [2.75, 3.05) is 5.32 Å². The molecule has 0 radical (unpaired) electrons. The van der Waals surface area contributed by atoms with Gasteiger partial charge in [-0.25, -0.2) is 8.78 Å². The minimum Gasteiger partial charge on any atom is -0.306 e. The zero-order valence-corrected chi connectivity index (χ0v) is 13.1. The molecule has 1 amide bonds. The summed E-state index contributed by atoms with van der Waals surface area (Å²) in [5.74, 6) is -1.67. The summed E-state index contributed by atoms with van der Waals surface area (Å²) in [5, 5.41) is 6.73. The molecule has 1 aromatic carbocycles. The average Bonchev–Trinajstić information content (AvgIpc) is 3.02. The Labute approximate surface area is 142 Å². The molecule has 2 heterocycles. The van der Waals surface area contributed by atoms with Crippen LogP contribution < -0.4 is 5.32 Å². The van der Waals surface area contributed by atoms with Gasteiger partial charge in [-0.2, -0.15) is 5.10 Å². The van der Waals surface area contributed by atoms with Gasteiger partial charge in [-0.15, -0.1) is 0 Å². The molecule has 0 unspecified atom stereocenters. The zero-order valence-electron chi connectivity index (χ0n) is 13.1. The van der Waals surface area contributed by atoms with Crippen molar-refractivity contribution in [2.45, 2.75) is 6.54 Å². The van der Waals surface area contributed by atoms with E-state index in [1.165, 1.54) is 6.07 Å².